The highest BCUT2D eigenvalue weighted by atomic mass is 35.5. The molecule has 2 aromatic rings. The van der Waals surface area contributed by atoms with E-state index in [9.17, 15) is 4.79 Å². The van der Waals surface area contributed by atoms with Crippen molar-refractivity contribution < 1.29 is 4.52 Å². The van der Waals surface area contributed by atoms with Crippen LogP contribution in [0, 0.1) is 6.92 Å². The molecule has 2 rings (SSSR count). The highest BCUT2D eigenvalue weighted by Gasteiger charge is 2.07. The topological polar surface area (TPSA) is 58.9 Å². The van der Waals surface area contributed by atoms with E-state index in [-0.39, 0.29) is 0 Å². The number of nitrogens with one attached hydrogen (secondary N) is 1. The van der Waals surface area contributed by atoms with Gasteiger partial charge >= 0.3 is 5.76 Å². The van der Waals surface area contributed by atoms with Crippen molar-refractivity contribution >= 4 is 11.6 Å². The fourth-order valence-corrected chi connectivity index (χ4v) is 1.48. The molecule has 0 saturated carbocycles. The first kappa shape index (κ1) is 9.02. The zero-order valence-electron chi connectivity index (χ0n) is 7.37. The molecule has 0 spiro atoms. The van der Waals surface area contributed by atoms with E-state index < -0.39 is 5.76 Å². The molecular weight excluding hydrogens is 204 g/mol. The Hall–Kier alpha value is -1.55. The Morgan fingerprint density at radius 2 is 2.29 bits per heavy atom. The van der Waals surface area contributed by atoms with E-state index in [2.05, 4.69) is 14.7 Å². The van der Waals surface area contributed by atoms with Crippen molar-refractivity contribution in [1.82, 2.24) is 10.1 Å². The second-order valence-electron chi connectivity index (χ2n) is 2.93. The van der Waals surface area contributed by atoms with Crippen LogP contribution in [0.1, 0.15) is 5.56 Å². The lowest BCUT2D eigenvalue weighted by atomic mass is 10.1. The summed E-state index contributed by atoms with van der Waals surface area (Å²) in [5, 5.41) is 4.09. The molecule has 4 nitrogen and oxygen atoms in total. The Kier molecular flexibility index (Phi) is 2.13. The monoisotopic (exact) mass is 210 g/mol. The van der Waals surface area contributed by atoms with Crippen LogP contribution in [0.25, 0.3) is 11.4 Å². The molecule has 0 fully saturated rings. The minimum Gasteiger partial charge on any atom is -0.296 e. The number of rotatable bonds is 1. The van der Waals surface area contributed by atoms with Crippen LogP contribution in [0.15, 0.2) is 27.5 Å². The summed E-state index contributed by atoms with van der Waals surface area (Å²) in [6.45, 7) is 1.93. The summed E-state index contributed by atoms with van der Waals surface area (Å²) in [5.41, 5.74) is 1.70. The third kappa shape index (κ3) is 1.56. The Morgan fingerprint density at radius 1 is 1.50 bits per heavy atom. The Balaban J connectivity index is 2.57. The smallest absolute Gasteiger partial charge is 0.296 e. The van der Waals surface area contributed by atoms with Gasteiger partial charge in [-0.3, -0.25) is 9.51 Å². The maximum Gasteiger partial charge on any atom is 0.439 e. The summed E-state index contributed by atoms with van der Waals surface area (Å²) in [6.07, 6.45) is 0. The Bertz CT molecular complexity index is 516. The summed E-state index contributed by atoms with van der Waals surface area (Å²) in [7, 11) is 0. The highest BCUT2D eigenvalue weighted by Crippen LogP contribution is 2.24. The normalized spacial score (nSPS) is 10.4. The van der Waals surface area contributed by atoms with E-state index in [1.54, 1.807) is 12.1 Å². The SMILES string of the molecule is Cc1ccc(-c2noc(=O)[nH]2)c(Cl)c1. The van der Waals surface area contributed by atoms with E-state index in [0.29, 0.717) is 16.4 Å². The molecule has 1 N–H and O–H groups in total. The molecule has 5 heteroatoms. The molecule has 14 heavy (non-hydrogen) atoms. The van der Waals surface area contributed by atoms with Crippen LogP contribution in [0.5, 0.6) is 0 Å². The molecule has 72 valence electrons. The lowest BCUT2D eigenvalue weighted by molar-refractivity contribution is 0.388. The van der Waals surface area contributed by atoms with E-state index >= 15 is 0 Å². The van der Waals surface area contributed by atoms with E-state index in [4.69, 9.17) is 11.6 Å². The lowest BCUT2D eigenvalue weighted by Crippen LogP contribution is -1.95. The molecule has 0 atom stereocenters. The third-order valence-corrected chi connectivity index (χ3v) is 2.13. The number of H-pyrrole nitrogens is 1. The fraction of sp³-hybridized carbons (Fsp3) is 0.111. The summed E-state index contributed by atoms with van der Waals surface area (Å²) in [5.74, 6) is -0.239. The highest BCUT2D eigenvalue weighted by molar-refractivity contribution is 6.33. The molecule has 0 amide bonds. The Labute approximate surface area is 84.5 Å². The Morgan fingerprint density at radius 3 is 2.86 bits per heavy atom. The standard InChI is InChI=1S/C9H7ClN2O2/c1-5-2-3-6(7(10)4-5)8-11-9(13)14-12-8/h2-4H,1H3,(H,11,12,13). The van der Waals surface area contributed by atoms with Gasteiger partial charge in [0.05, 0.1) is 5.02 Å². The van der Waals surface area contributed by atoms with Crippen molar-refractivity contribution in [3.8, 4) is 11.4 Å². The molecule has 0 aliphatic heterocycles. The minimum absolute atomic E-state index is 0.347. The van der Waals surface area contributed by atoms with Crippen LogP contribution in [0.2, 0.25) is 5.02 Å². The van der Waals surface area contributed by atoms with Crippen molar-refractivity contribution in [2.45, 2.75) is 6.92 Å². The molecular formula is C9H7ClN2O2. The van der Waals surface area contributed by atoms with Crippen molar-refractivity contribution in [2.75, 3.05) is 0 Å². The van der Waals surface area contributed by atoms with E-state index in [1.807, 2.05) is 13.0 Å². The van der Waals surface area contributed by atoms with Gasteiger partial charge in [0, 0.05) is 5.56 Å². The van der Waals surface area contributed by atoms with Gasteiger partial charge in [0.1, 0.15) is 0 Å². The molecule has 0 saturated heterocycles. The third-order valence-electron chi connectivity index (χ3n) is 1.82. The summed E-state index contributed by atoms with van der Waals surface area (Å²) >= 11 is 5.97. The van der Waals surface area contributed by atoms with Gasteiger partial charge in [-0.1, -0.05) is 22.8 Å². The largest absolute Gasteiger partial charge is 0.439 e. The average molecular weight is 211 g/mol. The van der Waals surface area contributed by atoms with Gasteiger partial charge < -0.3 is 0 Å². The van der Waals surface area contributed by atoms with E-state index in [1.165, 1.54) is 0 Å². The quantitative estimate of drug-likeness (QED) is 0.783. The maximum atomic E-state index is 10.7. The predicted molar refractivity (Wildman–Crippen MR) is 52.3 cm³/mol. The van der Waals surface area contributed by atoms with Gasteiger partial charge in [-0.15, -0.1) is 0 Å². The van der Waals surface area contributed by atoms with Crippen LogP contribution in [-0.2, 0) is 0 Å². The van der Waals surface area contributed by atoms with Gasteiger partial charge in [0.2, 0.25) is 0 Å². The first-order valence-corrected chi connectivity index (χ1v) is 4.37. The number of hydrogen-bond acceptors (Lipinski definition) is 3. The van der Waals surface area contributed by atoms with Crippen molar-refractivity contribution in [3.63, 3.8) is 0 Å². The minimum atomic E-state index is -0.586. The molecule has 0 radical (unpaired) electrons. The number of aromatic amines is 1. The number of aromatic nitrogens is 2. The van der Waals surface area contributed by atoms with Crippen molar-refractivity contribution in [1.29, 1.82) is 0 Å². The number of aryl methyl sites for hydroxylation is 1. The maximum absolute atomic E-state index is 10.7. The summed E-state index contributed by atoms with van der Waals surface area (Å²) in [4.78, 5) is 13.1. The molecule has 0 unspecified atom stereocenters. The lowest BCUT2D eigenvalue weighted by Gasteiger charge is -1.99. The van der Waals surface area contributed by atoms with Crippen LogP contribution in [0.4, 0.5) is 0 Å². The predicted octanol–water partition coefficient (Wildman–Crippen LogP) is 1.99. The summed E-state index contributed by atoms with van der Waals surface area (Å²) < 4.78 is 4.38. The number of hydrogen-bond donors (Lipinski definition) is 1. The molecule has 0 bridgehead atoms. The second kappa shape index (κ2) is 3.31. The molecule has 0 aliphatic carbocycles. The second-order valence-corrected chi connectivity index (χ2v) is 3.33. The first-order chi connectivity index (χ1) is 6.66. The zero-order valence-corrected chi connectivity index (χ0v) is 8.13. The van der Waals surface area contributed by atoms with Gasteiger partial charge in [-0.05, 0) is 24.6 Å². The molecule has 1 aromatic carbocycles. The van der Waals surface area contributed by atoms with Crippen LogP contribution < -0.4 is 5.76 Å². The zero-order chi connectivity index (χ0) is 10.1. The van der Waals surface area contributed by atoms with Gasteiger partial charge in [-0.2, -0.15) is 0 Å². The fourth-order valence-electron chi connectivity index (χ4n) is 1.16. The first-order valence-electron chi connectivity index (χ1n) is 3.99. The van der Waals surface area contributed by atoms with Gasteiger partial charge in [0.15, 0.2) is 5.82 Å². The van der Waals surface area contributed by atoms with Gasteiger partial charge in [-0.25, -0.2) is 4.79 Å². The van der Waals surface area contributed by atoms with E-state index in [0.717, 1.165) is 5.56 Å². The molecule has 1 aromatic heterocycles. The van der Waals surface area contributed by atoms with Crippen LogP contribution in [0.3, 0.4) is 0 Å². The van der Waals surface area contributed by atoms with Crippen molar-refractivity contribution in [3.05, 3.63) is 39.3 Å². The van der Waals surface area contributed by atoms with Gasteiger partial charge in [0.25, 0.3) is 0 Å². The molecule has 1 heterocycles. The number of benzene rings is 1. The number of halogens is 1. The molecule has 0 aliphatic rings. The van der Waals surface area contributed by atoms with Crippen LogP contribution >= 0.6 is 11.6 Å². The average Bonchev–Trinajstić information content (AvgIpc) is 2.51. The van der Waals surface area contributed by atoms with Crippen LogP contribution in [-0.4, -0.2) is 10.1 Å². The van der Waals surface area contributed by atoms with Crippen molar-refractivity contribution in [2.24, 2.45) is 0 Å². The summed E-state index contributed by atoms with van der Waals surface area (Å²) in [6, 6.07) is 5.46. The number of nitrogens with zero attached hydrogens (tertiary/aromatic N) is 1.